The fourth-order valence-corrected chi connectivity index (χ4v) is 3.62. The van der Waals surface area contributed by atoms with Gasteiger partial charge in [-0.2, -0.15) is 0 Å². The smallest absolute Gasteiger partial charge is 0.185 e. The quantitative estimate of drug-likeness (QED) is 0.772. The lowest BCUT2D eigenvalue weighted by atomic mass is 10.1. The summed E-state index contributed by atoms with van der Waals surface area (Å²) < 4.78 is 35.3. The van der Waals surface area contributed by atoms with E-state index in [9.17, 15) is 13.2 Å². The Kier molecular flexibility index (Phi) is 4.73. The predicted molar refractivity (Wildman–Crippen MR) is 90.3 cm³/mol. The fraction of sp³-hybridized carbons (Fsp3) is 0.353. The third-order valence-electron chi connectivity index (χ3n) is 4.07. The van der Waals surface area contributed by atoms with Crippen molar-refractivity contribution in [1.82, 2.24) is 0 Å². The fourth-order valence-electron chi connectivity index (χ4n) is 2.71. The largest absolute Gasteiger partial charge is 0.453 e. The number of morpholine rings is 1. The summed E-state index contributed by atoms with van der Waals surface area (Å²) in [6.07, 6.45) is 0.630. The maximum absolute atomic E-state index is 12.2. The second kappa shape index (κ2) is 6.78. The van der Waals surface area contributed by atoms with Crippen molar-refractivity contribution in [2.75, 3.05) is 37.0 Å². The van der Waals surface area contributed by atoms with E-state index in [0.717, 1.165) is 5.69 Å². The summed E-state index contributed by atoms with van der Waals surface area (Å²) in [5, 5.41) is 0. The van der Waals surface area contributed by atoms with Crippen LogP contribution in [0.2, 0.25) is 0 Å². The van der Waals surface area contributed by atoms with Crippen LogP contribution >= 0.6 is 0 Å². The molecule has 128 valence electrons. The Morgan fingerprint density at radius 1 is 1.17 bits per heavy atom. The van der Waals surface area contributed by atoms with Crippen LogP contribution in [0.25, 0.3) is 11.3 Å². The second-order valence-corrected chi connectivity index (χ2v) is 7.78. The molecular weight excluding hydrogens is 330 g/mol. The maximum atomic E-state index is 12.2. The Hall–Kier alpha value is -2.12. The standard InChI is InChI=1S/C17H19NO5S/c1-2-24(20,21)14-4-5-16(18-7-9-22-10-8-18)15(11-14)17-6-3-13(12-19)23-17/h3-6,11-12H,2,7-10H2,1H3. The number of ether oxygens (including phenoxy) is 1. The minimum Gasteiger partial charge on any atom is -0.453 e. The van der Waals surface area contributed by atoms with Gasteiger partial charge in [-0.05, 0) is 30.3 Å². The summed E-state index contributed by atoms with van der Waals surface area (Å²) in [5.74, 6) is 0.717. The molecule has 0 radical (unpaired) electrons. The number of rotatable bonds is 5. The molecule has 0 spiro atoms. The molecule has 1 aromatic heterocycles. The minimum absolute atomic E-state index is 0.0289. The first-order valence-electron chi connectivity index (χ1n) is 7.80. The van der Waals surface area contributed by atoms with Gasteiger partial charge in [0.15, 0.2) is 21.9 Å². The van der Waals surface area contributed by atoms with Gasteiger partial charge in [-0.15, -0.1) is 0 Å². The van der Waals surface area contributed by atoms with Crippen molar-refractivity contribution in [3.63, 3.8) is 0 Å². The number of carbonyl (C=O) groups excluding carboxylic acids is 1. The summed E-state index contributed by atoms with van der Waals surface area (Å²) in [6.45, 7) is 4.28. The Labute approximate surface area is 140 Å². The third-order valence-corrected chi connectivity index (χ3v) is 5.80. The summed E-state index contributed by atoms with van der Waals surface area (Å²) in [4.78, 5) is 13.3. The van der Waals surface area contributed by atoms with Crippen LogP contribution in [0.5, 0.6) is 0 Å². The summed E-state index contributed by atoms with van der Waals surface area (Å²) >= 11 is 0. The molecule has 0 atom stereocenters. The number of hydrogen-bond acceptors (Lipinski definition) is 6. The first kappa shape index (κ1) is 16.7. The van der Waals surface area contributed by atoms with E-state index in [-0.39, 0.29) is 16.4 Å². The van der Waals surface area contributed by atoms with Gasteiger partial charge in [-0.1, -0.05) is 6.92 Å². The van der Waals surface area contributed by atoms with E-state index < -0.39 is 9.84 Å². The molecule has 1 fully saturated rings. The van der Waals surface area contributed by atoms with Crippen LogP contribution in [0.3, 0.4) is 0 Å². The van der Waals surface area contributed by atoms with Crippen molar-refractivity contribution >= 4 is 21.8 Å². The van der Waals surface area contributed by atoms with E-state index in [2.05, 4.69) is 4.90 Å². The first-order valence-corrected chi connectivity index (χ1v) is 9.45. The molecule has 1 saturated heterocycles. The molecule has 1 aliphatic heterocycles. The first-order chi connectivity index (χ1) is 11.5. The van der Waals surface area contributed by atoms with Gasteiger partial charge in [-0.3, -0.25) is 4.79 Å². The van der Waals surface area contributed by atoms with E-state index >= 15 is 0 Å². The van der Waals surface area contributed by atoms with Crippen molar-refractivity contribution in [2.24, 2.45) is 0 Å². The molecule has 0 saturated carbocycles. The highest BCUT2D eigenvalue weighted by Crippen LogP contribution is 2.34. The van der Waals surface area contributed by atoms with Crippen LogP contribution in [0.15, 0.2) is 39.6 Å². The molecule has 0 bridgehead atoms. The average Bonchev–Trinajstić information content (AvgIpc) is 3.11. The minimum atomic E-state index is -3.33. The molecule has 0 unspecified atom stereocenters. The highest BCUT2D eigenvalue weighted by molar-refractivity contribution is 7.91. The van der Waals surface area contributed by atoms with E-state index in [1.165, 1.54) is 0 Å². The lowest BCUT2D eigenvalue weighted by Gasteiger charge is -2.30. The topological polar surface area (TPSA) is 76.8 Å². The number of hydrogen-bond donors (Lipinski definition) is 0. The molecule has 1 aliphatic rings. The monoisotopic (exact) mass is 349 g/mol. The highest BCUT2D eigenvalue weighted by Gasteiger charge is 2.21. The Morgan fingerprint density at radius 3 is 2.54 bits per heavy atom. The molecule has 6 nitrogen and oxygen atoms in total. The van der Waals surface area contributed by atoms with Gasteiger partial charge in [0.1, 0.15) is 5.76 Å². The average molecular weight is 349 g/mol. The van der Waals surface area contributed by atoms with Gasteiger partial charge < -0.3 is 14.1 Å². The van der Waals surface area contributed by atoms with E-state index in [1.54, 1.807) is 37.3 Å². The zero-order valence-corrected chi connectivity index (χ0v) is 14.2. The van der Waals surface area contributed by atoms with Gasteiger partial charge in [0, 0.05) is 24.3 Å². The van der Waals surface area contributed by atoms with Crippen LogP contribution in [0.1, 0.15) is 17.5 Å². The zero-order chi connectivity index (χ0) is 17.2. The lowest BCUT2D eigenvalue weighted by Crippen LogP contribution is -2.36. The molecule has 3 rings (SSSR count). The molecule has 7 heteroatoms. The van der Waals surface area contributed by atoms with Crippen molar-refractivity contribution in [3.8, 4) is 11.3 Å². The van der Waals surface area contributed by atoms with Gasteiger partial charge in [0.2, 0.25) is 0 Å². The van der Waals surface area contributed by atoms with Crippen molar-refractivity contribution in [2.45, 2.75) is 11.8 Å². The maximum Gasteiger partial charge on any atom is 0.185 e. The number of furan rings is 1. The third kappa shape index (κ3) is 3.22. The Morgan fingerprint density at radius 2 is 1.92 bits per heavy atom. The van der Waals surface area contributed by atoms with Gasteiger partial charge in [0.05, 0.1) is 23.9 Å². The van der Waals surface area contributed by atoms with E-state index in [0.29, 0.717) is 43.9 Å². The van der Waals surface area contributed by atoms with Gasteiger partial charge in [0.25, 0.3) is 0 Å². The summed E-state index contributed by atoms with van der Waals surface area (Å²) in [7, 11) is -3.33. The number of nitrogens with zero attached hydrogens (tertiary/aromatic N) is 1. The molecule has 0 aliphatic carbocycles. The molecule has 1 aromatic carbocycles. The zero-order valence-electron chi connectivity index (χ0n) is 13.4. The van der Waals surface area contributed by atoms with Gasteiger partial charge in [-0.25, -0.2) is 8.42 Å². The highest BCUT2D eigenvalue weighted by atomic mass is 32.2. The van der Waals surface area contributed by atoms with E-state index in [1.807, 2.05) is 0 Å². The molecule has 2 aromatic rings. The van der Waals surface area contributed by atoms with Crippen LogP contribution in [-0.2, 0) is 14.6 Å². The van der Waals surface area contributed by atoms with Crippen molar-refractivity contribution < 1.29 is 22.4 Å². The van der Waals surface area contributed by atoms with E-state index in [4.69, 9.17) is 9.15 Å². The number of benzene rings is 1. The van der Waals surface area contributed by atoms with Crippen LogP contribution in [-0.4, -0.2) is 46.8 Å². The number of carbonyl (C=O) groups is 1. The number of anilines is 1. The molecule has 0 N–H and O–H groups in total. The summed E-state index contributed by atoms with van der Waals surface area (Å²) in [5.41, 5.74) is 1.54. The molecule has 0 amide bonds. The Balaban J connectivity index is 2.12. The lowest BCUT2D eigenvalue weighted by molar-refractivity contribution is 0.110. The normalized spacial score (nSPS) is 15.5. The van der Waals surface area contributed by atoms with Crippen LogP contribution in [0.4, 0.5) is 5.69 Å². The van der Waals surface area contributed by atoms with Crippen LogP contribution < -0.4 is 4.90 Å². The second-order valence-electron chi connectivity index (χ2n) is 5.50. The van der Waals surface area contributed by atoms with Crippen molar-refractivity contribution in [1.29, 1.82) is 0 Å². The number of sulfone groups is 1. The molecule has 2 heterocycles. The van der Waals surface area contributed by atoms with Crippen molar-refractivity contribution in [3.05, 3.63) is 36.1 Å². The molecular formula is C17H19NO5S. The number of aldehydes is 1. The summed E-state index contributed by atoms with van der Waals surface area (Å²) in [6, 6.07) is 8.30. The SMILES string of the molecule is CCS(=O)(=O)c1ccc(N2CCOCC2)c(-c2ccc(C=O)o2)c1. The Bertz CT molecular complexity index is 834. The van der Waals surface area contributed by atoms with Crippen LogP contribution in [0, 0.1) is 0 Å². The van der Waals surface area contributed by atoms with Gasteiger partial charge >= 0.3 is 0 Å². The predicted octanol–water partition coefficient (Wildman–Crippen LogP) is 2.39. The molecule has 24 heavy (non-hydrogen) atoms.